The molecule has 0 saturated heterocycles. The van der Waals surface area contributed by atoms with Crippen LogP contribution in [0.1, 0.15) is 24.3 Å². The van der Waals surface area contributed by atoms with Gasteiger partial charge in [0, 0.05) is 5.39 Å². The number of carbonyl (C=O) groups excluding carboxylic acids is 1. The van der Waals surface area contributed by atoms with Crippen LogP contribution in [0.15, 0.2) is 64.1 Å². The first-order valence-electron chi connectivity index (χ1n) is 8.75. The van der Waals surface area contributed by atoms with Crippen LogP contribution in [-0.2, 0) is 11.3 Å². The number of para-hydroxylation sites is 2. The van der Waals surface area contributed by atoms with Gasteiger partial charge in [-0.25, -0.2) is 4.98 Å². The highest BCUT2D eigenvalue weighted by Crippen LogP contribution is 2.23. The van der Waals surface area contributed by atoms with Gasteiger partial charge in [0.15, 0.2) is 0 Å². The van der Waals surface area contributed by atoms with Gasteiger partial charge in [0.1, 0.15) is 17.9 Å². The Hall–Kier alpha value is -3.41. The molecule has 27 heavy (non-hydrogen) atoms. The molecule has 0 aliphatic carbocycles. The molecular formula is C21H19N3O3. The van der Waals surface area contributed by atoms with Crippen molar-refractivity contribution in [3.63, 3.8) is 0 Å². The minimum absolute atomic E-state index is 0.0969. The summed E-state index contributed by atoms with van der Waals surface area (Å²) in [4.78, 5) is 29.4. The molecule has 0 aliphatic heterocycles. The number of benzene rings is 2. The fraction of sp³-hybridized carbons (Fsp3) is 0.190. The van der Waals surface area contributed by atoms with Crippen molar-refractivity contribution in [1.29, 1.82) is 0 Å². The van der Waals surface area contributed by atoms with Crippen molar-refractivity contribution >= 4 is 27.8 Å². The number of nitrogens with zero attached hydrogens (tertiary/aromatic N) is 2. The lowest BCUT2D eigenvalue weighted by molar-refractivity contribution is -0.122. The molecule has 2 aromatic heterocycles. The third-order valence-corrected chi connectivity index (χ3v) is 4.62. The Morgan fingerprint density at radius 3 is 2.85 bits per heavy atom. The van der Waals surface area contributed by atoms with E-state index in [9.17, 15) is 9.59 Å². The third kappa shape index (κ3) is 3.21. The van der Waals surface area contributed by atoms with Gasteiger partial charge in [-0.2, -0.15) is 0 Å². The van der Waals surface area contributed by atoms with E-state index in [1.165, 1.54) is 10.9 Å². The molecule has 1 amide bonds. The fourth-order valence-corrected chi connectivity index (χ4v) is 3.18. The van der Waals surface area contributed by atoms with E-state index in [-0.39, 0.29) is 24.1 Å². The summed E-state index contributed by atoms with van der Waals surface area (Å²) < 4.78 is 7.10. The summed E-state index contributed by atoms with van der Waals surface area (Å²) >= 11 is 0. The van der Waals surface area contributed by atoms with Crippen LogP contribution in [0.5, 0.6) is 0 Å². The Labute approximate surface area is 155 Å². The van der Waals surface area contributed by atoms with Gasteiger partial charge in [-0.05, 0) is 37.6 Å². The van der Waals surface area contributed by atoms with Crippen molar-refractivity contribution in [1.82, 2.24) is 14.9 Å². The van der Waals surface area contributed by atoms with Crippen LogP contribution in [0.4, 0.5) is 0 Å². The number of aromatic nitrogens is 2. The summed E-state index contributed by atoms with van der Waals surface area (Å²) in [5.41, 5.74) is 2.14. The first-order chi connectivity index (χ1) is 13.0. The predicted octanol–water partition coefficient (Wildman–Crippen LogP) is 3.33. The average Bonchev–Trinajstić information content (AvgIpc) is 3.09. The number of fused-ring (bicyclic) bond motifs is 2. The molecular weight excluding hydrogens is 342 g/mol. The summed E-state index contributed by atoms with van der Waals surface area (Å²) in [6.07, 6.45) is 1.42. The second-order valence-electron chi connectivity index (χ2n) is 6.62. The highest BCUT2D eigenvalue weighted by Gasteiger charge is 2.15. The highest BCUT2D eigenvalue weighted by atomic mass is 16.3. The predicted molar refractivity (Wildman–Crippen MR) is 104 cm³/mol. The number of carbonyl (C=O) groups is 1. The summed E-state index contributed by atoms with van der Waals surface area (Å²) in [5, 5.41) is 4.37. The lowest BCUT2D eigenvalue weighted by Gasteiger charge is -2.12. The average molecular weight is 361 g/mol. The molecule has 1 N–H and O–H groups in total. The van der Waals surface area contributed by atoms with Crippen LogP contribution in [-0.4, -0.2) is 15.5 Å². The van der Waals surface area contributed by atoms with Gasteiger partial charge in [-0.3, -0.25) is 14.2 Å². The molecule has 6 nitrogen and oxygen atoms in total. The quantitative estimate of drug-likeness (QED) is 0.605. The lowest BCUT2D eigenvalue weighted by Crippen LogP contribution is -2.33. The van der Waals surface area contributed by atoms with Crippen molar-refractivity contribution in [3.8, 4) is 0 Å². The number of hydrogen-bond donors (Lipinski definition) is 1. The Kier molecular flexibility index (Phi) is 4.24. The van der Waals surface area contributed by atoms with Crippen molar-refractivity contribution in [2.24, 2.45) is 0 Å². The minimum atomic E-state index is -0.309. The molecule has 0 saturated carbocycles. The van der Waals surface area contributed by atoms with E-state index in [0.29, 0.717) is 16.7 Å². The van der Waals surface area contributed by atoms with Crippen LogP contribution < -0.4 is 10.9 Å². The first-order valence-corrected chi connectivity index (χ1v) is 8.75. The summed E-state index contributed by atoms with van der Waals surface area (Å²) in [5.74, 6) is 0.392. The van der Waals surface area contributed by atoms with Crippen LogP contribution in [0.25, 0.3) is 21.9 Å². The Balaban J connectivity index is 1.53. The molecule has 1 unspecified atom stereocenters. The largest absolute Gasteiger partial charge is 0.459 e. The number of hydrogen-bond acceptors (Lipinski definition) is 4. The number of aryl methyl sites for hydroxylation is 1. The molecule has 0 radical (unpaired) electrons. The monoisotopic (exact) mass is 361 g/mol. The molecule has 0 fully saturated rings. The van der Waals surface area contributed by atoms with Gasteiger partial charge < -0.3 is 9.73 Å². The van der Waals surface area contributed by atoms with Crippen molar-refractivity contribution in [3.05, 3.63) is 76.5 Å². The Morgan fingerprint density at radius 1 is 1.22 bits per heavy atom. The molecule has 136 valence electrons. The van der Waals surface area contributed by atoms with Gasteiger partial charge >= 0.3 is 0 Å². The zero-order chi connectivity index (χ0) is 19.0. The van der Waals surface area contributed by atoms with Crippen LogP contribution in [0, 0.1) is 6.92 Å². The van der Waals surface area contributed by atoms with Crippen LogP contribution >= 0.6 is 0 Å². The van der Waals surface area contributed by atoms with Gasteiger partial charge in [0.2, 0.25) is 5.91 Å². The topological polar surface area (TPSA) is 77.1 Å². The van der Waals surface area contributed by atoms with Crippen LogP contribution in [0.2, 0.25) is 0 Å². The second kappa shape index (κ2) is 6.72. The fourth-order valence-electron chi connectivity index (χ4n) is 3.18. The Morgan fingerprint density at radius 2 is 2.04 bits per heavy atom. The van der Waals surface area contributed by atoms with E-state index >= 15 is 0 Å². The molecule has 2 heterocycles. The van der Waals surface area contributed by atoms with E-state index in [2.05, 4.69) is 10.3 Å². The van der Waals surface area contributed by atoms with Gasteiger partial charge in [-0.15, -0.1) is 0 Å². The molecule has 0 aliphatic rings. The summed E-state index contributed by atoms with van der Waals surface area (Å²) in [7, 11) is 0. The molecule has 0 bridgehead atoms. The number of furan rings is 1. The maximum Gasteiger partial charge on any atom is 0.261 e. The van der Waals surface area contributed by atoms with Crippen molar-refractivity contribution in [2.75, 3.05) is 0 Å². The van der Waals surface area contributed by atoms with Crippen LogP contribution in [0.3, 0.4) is 0 Å². The van der Waals surface area contributed by atoms with E-state index in [0.717, 1.165) is 16.5 Å². The van der Waals surface area contributed by atoms with Gasteiger partial charge in [0.05, 0.1) is 23.3 Å². The maximum absolute atomic E-state index is 12.6. The smallest absolute Gasteiger partial charge is 0.261 e. The SMILES string of the molecule is Cc1cccc2c(=O)n(CC(=O)NC(C)c3cc4ccccc4o3)cnc12. The Bertz CT molecular complexity index is 1170. The summed E-state index contributed by atoms with van der Waals surface area (Å²) in [6.45, 7) is 3.65. The van der Waals surface area contributed by atoms with Gasteiger partial charge in [0.25, 0.3) is 5.56 Å². The second-order valence-corrected chi connectivity index (χ2v) is 6.62. The number of amides is 1. The number of rotatable bonds is 4. The lowest BCUT2D eigenvalue weighted by atomic mass is 10.1. The zero-order valence-electron chi connectivity index (χ0n) is 15.1. The van der Waals surface area contributed by atoms with Gasteiger partial charge in [-0.1, -0.05) is 30.3 Å². The molecule has 6 heteroatoms. The van der Waals surface area contributed by atoms with Crippen molar-refractivity contribution < 1.29 is 9.21 Å². The molecule has 4 rings (SSSR count). The van der Waals surface area contributed by atoms with E-state index in [1.807, 2.05) is 56.3 Å². The number of nitrogens with one attached hydrogen (secondary N) is 1. The van der Waals surface area contributed by atoms with E-state index < -0.39 is 0 Å². The standard InChI is InChI=1S/C21H19N3O3/c1-13-6-5-8-16-20(13)22-12-24(21(16)26)11-19(25)23-14(2)18-10-15-7-3-4-9-17(15)27-18/h3-10,12,14H,11H2,1-2H3,(H,23,25). The molecule has 1 atom stereocenters. The maximum atomic E-state index is 12.6. The highest BCUT2D eigenvalue weighted by molar-refractivity contribution is 5.81. The zero-order valence-corrected chi connectivity index (χ0v) is 15.1. The first kappa shape index (κ1) is 17.0. The van der Waals surface area contributed by atoms with E-state index in [1.54, 1.807) is 6.07 Å². The van der Waals surface area contributed by atoms with Crippen molar-refractivity contribution in [2.45, 2.75) is 26.4 Å². The molecule has 2 aromatic carbocycles. The minimum Gasteiger partial charge on any atom is -0.459 e. The normalized spacial score (nSPS) is 12.4. The third-order valence-electron chi connectivity index (χ3n) is 4.62. The summed E-state index contributed by atoms with van der Waals surface area (Å²) in [6, 6.07) is 14.7. The molecule has 0 spiro atoms. The van der Waals surface area contributed by atoms with E-state index in [4.69, 9.17) is 4.42 Å². The molecule has 4 aromatic rings.